The van der Waals surface area contributed by atoms with E-state index in [1.807, 2.05) is 0 Å². The Bertz CT molecular complexity index is 386. The van der Waals surface area contributed by atoms with Gasteiger partial charge in [0, 0.05) is 13.5 Å². The highest BCUT2D eigenvalue weighted by Gasteiger charge is 2.06. The van der Waals surface area contributed by atoms with Crippen molar-refractivity contribution >= 4 is 5.91 Å². The average Bonchev–Trinajstić information content (AvgIpc) is 2.25. The van der Waals surface area contributed by atoms with E-state index >= 15 is 0 Å². The van der Waals surface area contributed by atoms with Crippen molar-refractivity contribution in [3.63, 3.8) is 0 Å². The number of hydrogen-bond acceptors (Lipinski definition) is 2. The quantitative estimate of drug-likeness (QED) is 0.760. The SMILES string of the molecule is CNNC(=O)CCc1ccc(C)c(C)c1C. The van der Waals surface area contributed by atoms with Gasteiger partial charge in [0.1, 0.15) is 0 Å². The second kappa shape index (κ2) is 5.66. The molecule has 1 aromatic rings. The molecule has 2 N–H and O–H groups in total. The first-order valence-electron chi connectivity index (χ1n) is 5.57. The van der Waals surface area contributed by atoms with Gasteiger partial charge in [0.15, 0.2) is 0 Å². The van der Waals surface area contributed by atoms with Crippen molar-refractivity contribution in [2.24, 2.45) is 0 Å². The lowest BCUT2D eigenvalue weighted by Gasteiger charge is -2.11. The molecule has 0 aliphatic heterocycles. The first-order chi connectivity index (χ1) is 7.56. The van der Waals surface area contributed by atoms with Crippen molar-refractivity contribution < 1.29 is 4.79 Å². The van der Waals surface area contributed by atoms with E-state index in [-0.39, 0.29) is 5.91 Å². The standard InChI is InChI=1S/C13H20N2O/c1-9-5-6-12(11(3)10(9)2)7-8-13(16)15-14-4/h5-6,14H,7-8H2,1-4H3,(H,15,16). The van der Waals surface area contributed by atoms with Gasteiger partial charge in [-0.15, -0.1) is 0 Å². The van der Waals surface area contributed by atoms with Gasteiger partial charge in [0.05, 0.1) is 0 Å². The fourth-order valence-electron chi connectivity index (χ4n) is 1.73. The van der Waals surface area contributed by atoms with Crippen molar-refractivity contribution in [2.75, 3.05) is 7.05 Å². The topological polar surface area (TPSA) is 41.1 Å². The molecule has 0 spiro atoms. The van der Waals surface area contributed by atoms with Crippen LogP contribution in [-0.2, 0) is 11.2 Å². The van der Waals surface area contributed by atoms with E-state index in [1.165, 1.54) is 22.3 Å². The molecule has 1 rings (SSSR count). The first kappa shape index (κ1) is 12.7. The number of hydrazine groups is 1. The van der Waals surface area contributed by atoms with E-state index < -0.39 is 0 Å². The van der Waals surface area contributed by atoms with E-state index in [0.29, 0.717) is 6.42 Å². The number of amides is 1. The second-order valence-electron chi connectivity index (χ2n) is 4.09. The summed E-state index contributed by atoms with van der Waals surface area (Å²) >= 11 is 0. The Morgan fingerprint density at radius 1 is 1.19 bits per heavy atom. The van der Waals surface area contributed by atoms with Crippen LogP contribution in [0.25, 0.3) is 0 Å². The maximum absolute atomic E-state index is 11.3. The number of nitrogens with one attached hydrogen (secondary N) is 2. The van der Waals surface area contributed by atoms with E-state index in [4.69, 9.17) is 0 Å². The molecule has 88 valence electrons. The molecule has 0 saturated carbocycles. The van der Waals surface area contributed by atoms with Crippen LogP contribution in [0.2, 0.25) is 0 Å². The summed E-state index contributed by atoms with van der Waals surface area (Å²) in [7, 11) is 1.69. The molecule has 0 fully saturated rings. The van der Waals surface area contributed by atoms with Crippen LogP contribution in [0.3, 0.4) is 0 Å². The summed E-state index contributed by atoms with van der Waals surface area (Å²) in [5.74, 6) is 0.0279. The van der Waals surface area contributed by atoms with Gasteiger partial charge in [-0.1, -0.05) is 12.1 Å². The molecule has 1 amide bonds. The molecule has 0 bridgehead atoms. The Labute approximate surface area is 97.2 Å². The largest absolute Gasteiger partial charge is 0.292 e. The van der Waals surface area contributed by atoms with Crippen LogP contribution >= 0.6 is 0 Å². The highest BCUT2D eigenvalue weighted by atomic mass is 16.2. The van der Waals surface area contributed by atoms with Gasteiger partial charge in [-0.05, 0) is 49.4 Å². The molecule has 16 heavy (non-hydrogen) atoms. The Morgan fingerprint density at radius 2 is 1.88 bits per heavy atom. The van der Waals surface area contributed by atoms with Gasteiger partial charge in [0.25, 0.3) is 0 Å². The third kappa shape index (κ3) is 3.07. The molecule has 1 aromatic carbocycles. The van der Waals surface area contributed by atoms with Crippen LogP contribution in [0.5, 0.6) is 0 Å². The Hall–Kier alpha value is -1.35. The number of rotatable bonds is 4. The minimum absolute atomic E-state index is 0.0279. The van der Waals surface area contributed by atoms with Crippen LogP contribution in [-0.4, -0.2) is 13.0 Å². The summed E-state index contributed by atoms with van der Waals surface area (Å²) in [6.45, 7) is 6.36. The summed E-state index contributed by atoms with van der Waals surface area (Å²) in [5, 5.41) is 0. The number of hydrogen-bond donors (Lipinski definition) is 2. The van der Waals surface area contributed by atoms with Crippen molar-refractivity contribution in [3.05, 3.63) is 34.4 Å². The van der Waals surface area contributed by atoms with Crippen molar-refractivity contribution in [3.8, 4) is 0 Å². The molecule has 3 heteroatoms. The van der Waals surface area contributed by atoms with E-state index in [0.717, 1.165) is 6.42 Å². The lowest BCUT2D eigenvalue weighted by Crippen LogP contribution is -2.34. The smallest absolute Gasteiger partial charge is 0.234 e. The number of benzene rings is 1. The van der Waals surface area contributed by atoms with Gasteiger partial charge >= 0.3 is 0 Å². The van der Waals surface area contributed by atoms with Crippen LogP contribution in [0.1, 0.15) is 28.7 Å². The Kier molecular flexibility index (Phi) is 4.50. The summed E-state index contributed by atoms with van der Waals surface area (Å²) in [5.41, 5.74) is 10.4. The zero-order valence-electron chi connectivity index (χ0n) is 10.5. The number of carbonyl (C=O) groups is 1. The van der Waals surface area contributed by atoms with Gasteiger partial charge in [0.2, 0.25) is 5.91 Å². The molecule has 0 atom stereocenters. The zero-order valence-corrected chi connectivity index (χ0v) is 10.5. The third-order valence-corrected chi connectivity index (χ3v) is 3.06. The van der Waals surface area contributed by atoms with Gasteiger partial charge in [-0.2, -0.15) is 0 Å². The molecule has 0 unspecified atom stereocenters. The fourth-order valence-corrected chi connectivity index (χ4v) is 1.73. The second-order valence-corrected chi connectivity index (χ2v) is 4.09. The predicted molar refractivity (Wildman–Crippen MR) is 66.2 cm³/mol. The third-order valence-electron chi connectivity index (χ3n) is 3.06. The highest BCUT2D eigenvalue weighted by molar-refractivity contribution is 5.75. The Morgan fingerprint density at radius 3 is 2.50 bits per heavy atom. The molecule has 0 saturated heterocycles. The van der Waals surface area contributed by atoms with Crippen LogP contribution in [0.15, 0.2) is 12.1 Å². The zero-order chi connectivity index (χ0) is 12.1. The summed E-state index contributed by atoms with van der Waals surface area (Å²) in [6.07, 6.45) is 1.31. The monoisotopic (exact) mass is 220 g/mol. The fraction of sp³-hybridized carbons (Fsp3) is 0.462. The van der Waals surface area contributed by atoms with E-state index in [9.17, 15) is 4.79 Å². The van der Waals surface area contributed by atoms with E-state index in [1.54, 1.807) is 7.05 Å². The lowest BCUT2D eigenvalue weighted by molar-refractivity contribution is -0.121. The molecular formula is C13H20N2O. The van der Waals surface area contributed by atoms with Crippen molar-refractivity contribution in [1.82, 2.24) is 10.9 Å². The van der Waals surface area contributed by atoms with Crippen molar-refractivity contribution in [1.29, 1.82) is 0 Å². The minimum Gasteiger partial charge on any atom is -0.292 e. The molecular weight excluding hydrogens is 200 g/mol. The van der Waals surface area contributed by atoms with Crippen LogP contribution in [0.4, 0.5) is 0 Å². The van der Waals surface area contributed by atoms with Crippen LogP contribution in [0, 0.1) is 20.8 Å². The molecule has 0 aromatic heterocycles. The molecule has 0 aliphatic rings. The summed E-state index contributed by atoms with van der Waals surface area (Å²) in [4.78, 5) is 11.3. The normalized spacial score (nSPS) is 10.2. The average molecular weight is 220 g/mol. The molecule has 0 aliphatic carbocycles. The first-order valence-corrected chi connectivity index (χ1v) is 5.57. The van der Waals surface area contributed by atoms with Gasteiger partial charge in [-0.25, -0.2) is 5.43 Å². The van der Waals surface area contributed by atoms with E-state index in [2.05, 4.69) is 43.8 Å². The highest BCUT2D eigenvalue weighted by Crippen LogP contribution is 2.18. The molecule has 0 radical (unpaired) electrons. The molecule has 3 nitrogen and oxygen atoms in total. The van der Waals surface area contributed by atoms with Gasteiger partial charge in [-0.3, -0.25) is 10.2 Å². The number of carbonyl (C=O) groups excluding carboxylic acids is 1. The molecule has 0 heterocycles. The van der Waals surface area contributed by atoms with Crippen LogP contribution < -0.4 is 10.9 Å². The van der Waals surface area contributed by atoms with Gasteiger partial charge < -0.3 is 0 Å². The number of aryl methyl sites for hydroxylation is 2. The Balaban J connectivity index is 2.68. The van der Waals surface area contributed by atoms with Crippen molar-refractivity contribution in [2.45, 2.75) is 33.6 Å². The predicted octanol–water partition coefficient (Wildman–Crippen LogP) is 1.80. The minimum atomic E-state index is 0.0279. The summed E-state index contributed by atoms with van der Waals surface area (Å²) < 4.78 is 0. The maximum atomic E-state index is 11.3. The summed E-state index contributed by atoms with van der Waals surface area (Å²) in [6, 6.07) is 4.23. The lowest BCUT2D eigenvalue weighted by atomic mass is 9.96. The maximum Gasteiger partial charge on any atom is 0.234 e.